The first-order valence-electron chi connectivity index (χ1n) is 7.32. The van der Waals surface area contributed by atoms with Gasteiger partial charge in [0.05, 0.1) is 18.5 Å². The molecule has 2 heterocycles. The van der Waals surface area contributed by atoms with Crippen molar-refractivity contribution in [2.75, 3.05) is 31.1 Å². The Morgan fingerprint density at radius 1 is 1.14 bits per heavy atom. The molecule has 0 atom stereocenters. The van der Waals surface area contributed by atoms with Crippen LogP contribution in [-0.4, -0.2) is 41.3 Å². The number of nitrogens with one attached hydrogen (secondary N) is 1. The quantitative estimate of drug-likeness (QED) is 0.846. The van der Waals surface area contributed by atoms with Gasteiger partial charge in [0, 0.05) is 26.2 Å². The molecule has 2 N–H and O–H groups in total. The van der Waals surface area contributed by atoms with E-state index in [1.807, 2.05) is 30.3 Å². The Labute approximate surface area is 135 Å². The molecule has 1 fully saturated rings. The highest BCUT2D eigenvalue weighted by Crippen LogP contribution is 2.27. The molecule has 1 aliphatic heterocycles. The fourth-order valence-corrected chi connectivity index (χ4v) is 2.82. The van der Waals surface area contributed by atoms with Crippen molar-refractivity contribution < 1.29 is 9.52 Å². The van der Waals surface area contributed by atoms with E-state index < -0.39 is 0 Å². The first kappa shape index (κ1) is 14.7. The molecule has 0 saturated carbocycles. The Morgan fingerprint density at radius 3 is 2.59 bits per heavy atom. The molecule has 2 aromatic rings. The van der Waals surface area contributed by atoms with Crippen LogP contribution in [0.4, 0.5) is 5.69 Å². The number of thiocarbonyl (C=S) groups is 1. The number of hydrogen-bond acceptors (Lipinski definition) is 4. The van der Waals surface area contributed by atoms with Crippen LogP contribution in [-0.2, 0) is 6.54 Å². The number of anilines is 1. The topological polar surface area (TPSA) is 51.9 Å². The Balaban J connectivity index is 1.51. The van der Waals surface area contributed by atoms with Gasteiger partial charge in [-0.05, 0) is 36.5 Å². The van der Waals surface area contributed by atoms with E-state index in [-0.39, 0.29) is 0 Å². The Morgan fingerprint density at radius 2 is 1.91 bits per heavy atom. The van der Waals surface area contributed by atoms with E-state index in [1.54, 1.807) is 12.3 Å². The molecule has 22 heavy (non-hydrogen) atoms. The first-order valence-corrected chi connectivity index (χ1v) is 7.73. The normalized spacial score (nSPS) is 14.9. The summed E-state index contributed by atoms with van der Waals surface area (Å²) in [4.78, 5) is 4.33. The van der Waals surface area contributed by atoms with Crippen molar-refractivity contribution in [2.45, 2.75) is 6.54 Å². The van der Waals surface area contributed by atoms with E-state index in [0.717, 1.165) is 42.7 Å². The highest BCUT2D eigenvalue weighted by Gasteiger charge is 2.20. The highest BCUT2D eigenvalue weighted by molar-refractivity contribution is 7.80. The second-order valence-electron chi connectivity index (χ2n) is 5.20. The maximum Gasteiger partial charge on any atom is 0.169 e. The van der Waals surface area contributed by atoms with Crippen LogP contribution in [0.1, 0.15) is 5.76 Å². The lowest BCUT2D eigenvalue weighted by Gasteiger charge is -2.37. The molecular weight excluding hydrogens is 298 g/mol. The molecule has 3 rings (SSSR count). The van der Waals surface area contributed by atoms with Crippen LogP contribution in [0, 0.1) is 0 Å². The predicted molar refractivity (Wildman–Crippen MR) is 90.0 cm³/mol. The number of phenols is 1. The number of furan rings is 1. The number of rotatable bonds is 3. The summed E-state index contributed by atoms with van der Waals surface area (Å²) in [5, 5.41) is 13.9. The number of hydrogen-bond donors (Lipinski definition) is 2. The van der Waals surface area contributed by atoms with Gasteiger partial charge in [-0.1, -0.05) is 12.1 Å². The average molecular weight is 317 g/mol. The molecule has 1 aromatic heterocycles. The molecule has 0 aliphatic carbocycles. The van der Waals surface area contributed by atoms with Crippen molar-refractivity contribution in [3.63, 3.8) is 0 Å². The lowest BCUT2D eigenvalue weighted by molar-refractivity contribution is 0.374. The summed E-state index contributed by atoms with van der Waals surface area (Å²) in [7, 11) is 0. The Kier molecular flexibility index (Phi) is 4.48. The van der Waals surface area contributed by atoms with Crippen LogP contribution >= 0.6 is 12.2 Å². The van der Waals surface area contributed by atoms with Gasteiger partial charge in [0.15, 0.2) is 5.11 Å². The van der Waals surface area contributed by atoms with Crippen molar-refractivity contribution in [3.05, 3.63) is 48.4 Å². The molecule has 116 valence electrons. The van der Waals surface area contributed by atoms with Gasteiger partial charge in [-0.2, -0.15) is 0 Å². The van der Waals surface area contributed by atoms with Gasteiger partial charge in [0.2, 0.25) is 0 Å². The molecule has 1 aromatic carbocycles. The monoisotopic (exact) mass is 317 g/mol. The van der Waals surface area contributed by atoms with E-state index >= 15 is 0 Å². The molecule has 0 bridgehead atoms. The predicted octanol–water partition coefficient (Wildman–Crippen LogP) is 2.18. The van der Waals surface area contributed by atoms with Gasteiger partial charge in [-0.25, -0.2) is 0 Å². The summed E-state index contributed by atoms with van der Waals surface area (Å²) in [5.74, 6) is 1.20. The molecular formula is C16H19N3O2S. The van der Waals surface area contributed by atoms with Crippen molar-refractivity contribution in [3.8, 4) is 5.75 Å². The van der Waals surface area contributed by atoms with E-state index in [1.165, 1.54) is 0 Å². The van der Waals surface area contributed by atoms with Crippen LogP contribution in [0.25, 0.3) is 0 Å². The smallest absolute Gasteiger partial charge is 0.169 e. The summed E-state index contributed by atoms with van der Waals surface area (Å²) < 4.78 is 5.28. The number of benzene rings is 1. The van der Waals surface area contributed by atoms with Crippen LogP contribution in [0.15, 0.2) is 47.1 Å². The SMILES string of the molecule is Oc1ccccc1N1CCN(C(=S)NCc2ccco2)CC1. The largest absolute Gasteiger partial charge is 0.506 e. The van der Waals surface area contributed by atoms with Crippen LogP contribution in [0.3, 0.4) is 0 Å². The maximum atomic E-state index is 9.92. The number of para-hydroxylation sites is 2. The van der Waals surface area contributed by atoms with E-state index in [0.29, 0.717) is 12.3 Å². The molecule has 0 radical (unpaired) electrons. The second kappa shape index (κ2) is 6.70. The van der Waals surface area contributed by atoms with Crippen molar-refractivity contribution in [2.24, 2.45) is 0 Å². The van der Waals surface area contributed by atoms with Gasteiger partial charge in [0.1, 0.15) is 11.5 Å². The van der Waals surface area contributed by atoms with Crippen LogP contribution in [0.5, 0.6) is 5.75 Å². The van der Waals surface area contributed by atoms with Crippen molar-refractivity contribution >= 4 is 23.0 Å². The summed E-state index contributed by atoms with van der Waals surface area (Å²) in [6.07, 6.45) is 1.66. The lowest BCUT2D eigenvalue weighted by Crippen LogP contribution is -2.51. The number of aromatic hydroxyl groups is 1. The summed E-state index contributed by atoms with van der Waals surface area (Å²) >= 11 is 5.43. The van der Waals surface area contributed by atoms with Gasteiger partial charge < -0.3 is 24.6 Å². The zero-order chi connectivity index (χ0) is 15.4. The molecule has 0 spiro atoms. The molecule has 0 unspecified atom stereocenters. The van der Waals surface area contributed by atoms with Gasteiger partial charge in [-0.15, -0.1) is 0 Å². The number of piperazine rings is 1. The third-order valence-corrected chi connectivity index (χ3v) is 4.19. The third kappa shape index (κ3) is 3.33. The Hall–Kier alpha value is -2.21. The van der Waals surface area contributed by atoms with Crippen LogP contribution < -0.4 is 10.2 Å². The van der Waals surface area contributed by atoms with E-state index in [2.05, 4.69) is 15.1 Å². The van der Waals surface area contributed by atoms with Gasteiger partial charge in [0.25, 0.3) is 0 Å². The zero-order valence-electron chi connectivity index (χ0n) is 12.2. The zero-order valence-corrected chi connectivity index (χ0v) is 13.1. The summed E-state index contributed by atoms with van der Waals surface area (Å²) in [6.45, 7) is 3.93. The molecule has 5 nitrogen and oxygen atoms in total. The lowest BCUT2D eigenvalue weighted by atomic mass is 10.2. The number of nitrogens with zero attached hydrogens (tertiary/aromatic N) is 2. The molecule has 1 saturated heterocycles. The minimum Gasteiger partial charge on any atom is -0.506 e. The standard InChI is InChI=1S/C16H19N3O2S/c20-15-6-2-1-5-14(15)18-7-9-19(10-8-18)16(22)17-12-13-4-3-11-21-13/h1-6,11,20H,7-10,12H2,(H,17,22). The second-order valence-corrected chi connectivity index (χ2v) is 5.59. The third-order valence-electron chi connectivity index (χ3n) is 3.78. The fraction of sp³-hybridized carbons (Fsp3) is 0.312. The van der Waals surface area contributed by atoms with Crippen molar-refractivity contribution in [1.29, 1.82) is 0 Å². The van der Waals surface area contributed by atoms with Gasteiger partial charge in [-0.3, -0.25) is 0 Å². The molecule has 0 amide bonds. The van der Waals surface area contributed by atoms with Crippen molar-refractivity contribution in [1.82, 2.24) is 10.2 Å². The summed E-state index contributed by atoms with van der Waals surface area (Å²) in [6, 6.07) is 11.2. The minimum absolute atomic E-state index is 0.328. The van der Waals surface area contributed by atoms with E-state index in [9.17, 15) is 5.11 Å². The fourth-order valence-electron chi connectivity index (χ4n) is 2.57. The van der Waals surface area contributed by atoms with Gasteiger partial charge >= 0.3 is 0 Å². The first-order chi connectivity index (χ1) is 10.7. The highest BCUT2D eigenvalue weighted by atomic mass is 32.1. The average Bonchev–Trinajstić information content (AvgIpc) is 3.07. The molecule has 6 heteroatoms. The maximum absolute atomic E-state index is 9.92. The Bertz CT molecular complexity index is 622. The van der Waals surface area contributed by atoms with E-state index in [4.69, 9.17) is 16.6 Å². The number of phenolic OH excluding ortho intramolecular Hbond substituents is 1. The summed E-state index contributed by atoms with van der Waals surface area (Å²) in [5.41, 5.74) is 0.886. The van der Waals surface area contributed by atoms with Crippen LogP contribution in [0.2, 0.25) is 0 Å². The minimum atomic E-state index is 0.328. The molecule has 1 aliphatic rings.